The Morgan fingerprint density at radius 1 is 1.08 bits per heavy atom. The third-order valence-electron chi connectivity index (χ3n) is 3.64. The molecule has 0 fully saturated rings. The lowest BCUT2D eigenvalue weighted by atomic mass is 10.1. The lowest BCUT2D eigenvalue weighted by molar-refractivity contribution is 0.171. The van der Waals surface area contributed by atoms with Crippen molar-refractivity contribution in [3.63, 3.8) is 0 Å². The standard InChI is InChI=1S/C19H19FN2OS/c20-16-8-6-15(7-9-16)19-22-17(13-24-19)11-21-12-18(23)10-14-4-2-1-3-5-14/h1-9,13,18,21,23H,10-12H2. The molecule has 3 rings (SSSR count). The molecule has 0 bridgehead atoms. The largest absolute Gasteiger partial charge is 0.391 e. The Morgan fingerprint density at radius 2 is 1.83 bits per heavy atom. The molecule has 0 saturated heterocycles. The Bertz CT molecular complexity index is 759. The van der Waals surface area contributed by atoms with Crippen molar-refractivity contribution in [2.75, 3.05) is 6.54 Å². The predicted molar refractivity (Wildman–Crippen MR) is 95.4 cm³/mol. The van der Waals surface area contributed by atoms with Gasteiger partial charge in [-0.15, -0.1) is 11.3 Å². The second-order valence-corrected chi connectivity index (χ2v) is 6.48. The van der Waals surface area contributed by atoms with Crippen LogP contribution in [0.5, 0.6) is 0 Å². The van der Waals surface area contributed by atoms with E-state index in [1.165, 1.54) is 23.5 Å². The van der Waals surface area contributed by atoms with E-state index >= 15 is 0 Å². The molecule has 1 atom stereocenters. The predicted octanol–water partition coefficient (Wildman–Crippen LogP) is 3.64. The molecule has 0 aliphatic carbocycles. The molecule has 3 aromatic rings. The van der Waals surface area contributed by atoms with Crippen LogP contribution in [-0.4, -0.2) is 22.7 Å². The van der Waals surface area contributed by atoms with Gasteiger partial charge in [-0.05, 0) is 36.2 Å². The summed E-state index contributed by atoms with van der Waals surface area (Å²) in [5.41, 5.74) is 2.96. The molecule has 24 heavy (non-hydrogen) atoms. The first-order valence-electron chi connectivity index (χ1n) is 7.84. The van der Waals surface area contributed by atoms with E-state index in [0.717, 1.165) is 21.8 Å². The number of nitrogens with one attached hydrogen (secondary N) is 1. The SMILES string of the molecule is OC(CNCc1csc(-c2ccc(F)cc2)n1)Cc1ccccc1. The van der Waals surface area contributed by atoms with Crippen LogP contribution >= 0.6 is 11.3 Å². The Balaban J connectivity index is 1.48. The average molecular weight is 342 g/mol. The third-order valence-corrected chi connectivity index (χ3v) is 4.58. The molecule has 0 aliphatic rings. The maximum absolute atomic E-state index is 13.0. The van der Waals surface area contributed by atoms with Gasteiger partial charge in [-0.2, -0.15) is 0 Å². The average Bonchev–Trinajstić information content (AvgIpc) is 3.05. The van der Waals surface area contributed by atoms with Gasteiger partial charge in [0.2, 0.25) is 0 Å². The molecule has 2 N–H and O–H groups in total. The van der Waals surface area contributed by atoms with Gasteiger partial charge in [0, 0.05) is 24.0 Å². The Labute approximate surface area is 144 Å². The summed E-state index contributed by atoms with van der Waals surface area (Å²) in [6.07, 6.45) is 0.203. The maximum Gasteiger partial charge on any atom is 0.123 e. The summed E-state index contributed by atoms with van der Waals surface area (Å²) in [6.45, 7) is 1.11. The number of aliphatic hydroxyl groups excluding tert-OH is 1. The lowest BCUT2D eigenvalue weighted by Gasteiger charge is -2.11. The van der Waals surface area contributed by atoms with Crippen LogP contribution in [0.1, 0.15) is 11.3 Å². The van der Waals surface area contributed by atoms with Crippen LogP contribution in [0.15, 0.2) is 60.0 Å². The van der Waals surface area contributed by atoms with Crippen molar-refractivity contribution in [2.24, 2.45) is 0 Å². The molecule has 1 unspecified atom stereocenters. The topological polar surface area (TPSA) is 45.1 Å². The lowest BCUT2D eigenvalue weighted by Crippen LogP contribution is -2.28. The summed E-state index contributed by atoms with van der Waals surface area (Å²) in [5.74, 6) is -0.246. The minimum Gasteiger partial charge on any atom is -0.391 e. The maximum atomic E-state index is 13.0. The molecule has 3 nitrogen and oxygen atoms in total. The van der Waals surface area contributed by atoms with Crippen molar-refractivity contribution >= 4 is 11.3 Å². The van der Waals surface area contributed by atoms with E-state index in [4.69, 9.17) is 0 Å². The van der Waals surface area contributed by atoms with Gasteiger partial charge < -0.3 is 10.4 Å². The van der Waals surface area contributed by atoms with Crippen LogP contribution in [0, 0.1) is 5.82 Å². The van der Waals surface area contributed by atoms with E-state index in [-0.39, 0.29) is 5.82 Å². The van der Waals surface area contributed by atoms with E-state index in [2.05, 4.69) is 10.3 Å². The van der Waals surface area contributed by atoms with Gasteiger partial charge in [0.15, 0.2) is 0 Å². The second kappa shape index (κ2) is 8.15. The zero-order valence-corrected chi connectivity index (χ0v) is 14.0. The minimum absolute atomic E-state index is 0.246. The van der Waals surface area contributed by atoms with Crippen LogP contribution < -0.4 is 5.32 Å². The quantitative estimate of drug-likeness (QED) is 0.689. The molecule has 0 aliphatic heterocycles. The number of thiazole rings is 1. The molecule has 124 valence electrons. The summed E-state index contributed by atoms with van der Waals surface area (Å²) in [4.78, 5) is 4.54. The van der Waals surface area contributed by atoms with Crippen molar-refractivity contribution in [3.05, 3.63) is 77.1 Å². The zero-order chi connectivity index (χ0) is 16.8. The van der Waals surface area contributed by atoms with Crippen LogP contribution in [0.25, 0.3) is 10.6 Å². The number of benzene rings is 2. The number of hydrogen-bond donors (Lipinski definition) is 2. The van der Waals surface area contributed by atoms with Crippen LogP contribution in [-0.2, 0) is 13.0 Å². The molecule has 0 radical (unpaired) electrons. The van der Waals surface area contributed by atoms with Crippen LogP contribution in [0.3, 0.4) is 0 Å². The fourth-order valence-electron chi connectivity index (χ4n) is 2.44. The minimum atomic E-state index is -0.428. The second-order valence-electron chi connectivity index (χ2n) is 5.63. The highest BCUT2D eigenvalue weighted by atomic mass is 32.1. The van der Waals surface area contributed by atoms with Crippen molar-refractivity contribution in [3.8, 4) is 10.6 Å². The van der Waals surface area contributed by atoms with Gasteiger partial charge in [-0.1, -0.05) is 30.3 Å². The van der Waals surface area contributed by atoms with Gasteiger partial charge in [-0.25, -0.2) is 9.37 Å². The molecule has 5 heteroatoms. The van der Waals surface area contributed by atoms with Gasteiger partial charge >= 0.3 is 0 Å². The summed E-state index contributed by atoms with van der Waals surface area (Å²) >= 11 is 1.53. The Kier molecular flexibility index (Phi) is 5.69. The van der Waals surface area contributed by atoms with E-state index in [0.29, 0.717) is 19.5 Å². The smallest absolute Gasteiger partial charge is 0.123 e. The normalized spacial score (nSPS) is 12.2. The van der Waals surface area contributed by atoms with Crippen molar-refractivity contribution in [1.29, 1.82) is 0 Å². The first kappa shape index (κ1) is 16.8. The summed E-state index contributed by atoms with van der Waals surface area (Å²) in [6, 6.07) is 16.3. The molecule has 0 spiro atoms. The van der Waals surface area contributed by atoms with E-state index in [1.807, 2.05) is 35.7 Å². The van der Waals surface area contributed by atoms with Gasteiger partial charge in [-0.3, -0.25) is 0 Å². The number of nitrogens with zero attached hydrogens (tertiary/aromatic N) is 1. The fourth-order valence-corrected chi connectivity index (χ4v) is 3.26. The van der Waals surface area contributed by atoms with Crippen LogP contribution in [0.2, 0.25) is 0 Å². The number of rotatable bonds is 7. The summed E-state index contributed by atoms with van der Waals surface area (Å²) < 4.78 is 13.0. The van der Waals surface area contributed by atoms with E-state index < -0.39 is 6.10 Å². The highest BCUT2D eigenvalue weighted by Crippen LogP contribution is 2.23. The molecule has 0 amide bonds. The zero-order valence-electron chi connectivity index (χ0n) is 13.2. The third kappa shape index (κ3) is 4.71. The van der Waals surface area contributed by atoms with Crippen molar-refractivity contribution in [2.45, 2.75) is 19.1 Å². The van der Waals surface area contributed by atoms with Crippen molar-refractivity contribution in [1.82, 2.24) is 10.3 Å². The monoisotopic (exact) mass is 342 g/mol. The van der Waals surface area contributed by atoms with E-state index in [9.17, 15) is 9.50 Å². The highest BCUT2D eigenvalue weighted by Gasteiger charge is 2.07. The number of aliphatic hydroxyl groups is 1. The molecule has 0 saturated carbocycles. The summed E-state index contributed by atoms with van der Waals surface area (Å²) in [5, 5.41) is 16.2. The number of aromatic nitrogens is 1. The molecular formula is C19H19FN2OS. The number of hydrogen-bond acceptors (Lipinski definition) is 4. The van der Waals surface area contributed by atoms with Crippen LogP contribution in [0.4, 0.5) is 4.39 Å². The Morgan fingerprint density at radius 3 is 2.58 bits per heavy atom. The first-order valence-corrected chi connectivity index (χ1v) is 8.72. The highest BCUT2D eigenvalue weighted by molar-refractivity contribution is 7.13. The molecular weight excluding hydrogens is 323 g/mol. The summed E-state index contributed by atoms with van der Waals surface area (Å²) in [7, 11) is 0. The first-order chi connectivity index (χ1) is 11.7. The van der Waals surface area contributed by atoms with Gasteiger partial charge in [0.25, 0.3) is 0 Å². The van der Waals surface area contributed by atoms with E-state index in [1.54, 1.807) is 12.1 Å². The Hall–Kier alpha value is -2.08. The molecule has 1 heterocycles. The molecule has 1 aromatic heterocycles. The number of halogens is 1. The van der Waals surface area contributed by atoms with Gasteiger partial charge in [0.1, 0.15) is 10.8 Å². The van der Waals surface area contributed by atoms with Gasteiger partial charge in [0.05, 0.1) is 11.8 Å². The van der Waals surface area contributed by atoms with Crippen molar-refractivity contribution < 1.29 is 9.50 Å². The fraction of sp³-hybridized carbons (Fsp3) is 0.211. The molecule has 2 aromatic carbocycles.